The minimum atomic E-state index is 0.138. The quantitative estimate of drug-likeness (QED) is 0.699. The van der Waals surface area contributed by atoms with Crippen LogP contribution >= 0.6 is 0 Å². The fraction of sp³-hybridized carbons (Fsp3) is 0.474. The molecule has 0 aliphatic rings. The zero-order valence-electron chi connectivity index (χ0n) is 14.8. The van der Waals surface area contributed by atoms with Gasteiger partial charge in [-0.3, -0.25) is 14.9 Å². The number of pyridine rings is 2. The number of hydrogen-bond acceptors (Lipinski definition) is 5. The summed E-state index contributed by atoms with van der Waals surface area (Å²) < 4.78 is 0. The van der Waals surface area contributed by atoms with Crippen LogP contribution in [-0.4, -0.2) is 41.0 Å². The van der Waals surface area contributed by atoms with Crippen LogP contribution in [0.3, 0.4) is 0 Å². The molecule has 0 spiro atoms. The number of hydrogen-bond donors (Lipinski definition) is 2. The van der Waals surface area contributed by atoms with E-state index in [2.05, 4.69) is 40.1 Å². The molecule has 0 aromatic carbocycles. The molecule has 0 atom stereocenters. The Balaban J connectivity index is 1.84. The predicted octanol–water partition coefficient (Wildman–Crippen LogP) is 2.05. The Morgan fingerprint density at radius 3 is 2.29 bits per heavy atom. The first-order valence-electron chi connectivity index (χ1n) is 8.52. The normalized spacial score (nSPS) is 11.8. The van der Waals surface area contributed by atoms with E-state index < -0.39 is 0 Å². The van der Waals surface area contributed by atoms with Crippen molar-refractivity contribution in [1.82, 2.24) is 20.2 Å². The van der Waals surface area contributed by atoms with Crippen molar-refractivity contribution in [2.75, 3.05) is 26.2 Å². The van der Waals surface area contributed by atoms with Gasteiger partial charge in [0.1, 0.15) is 0 Å². The second-order valence-corrected chi connectivity index (χ2v) is 6.91. The van der Waals surface area contributed by atoms with Crippen molar-refractivity contribution in [2.24, 2.45) is 11.1 Å². The van der Waals surface area contributed by atoms with Gasteiger partial charge in [-0.25, -0.2) is 0 Å². The highest BCUT2D eigenvalue weighted by Gasteiger charge is 2.21. The third-order valence-electron chi connectivity index (χ3n) is 3.84. The van der Waals surface area contributed by atoms with Gasteiger partial charge in [0.25, 0.3) is 0 Å². The largest absolute Gasteiger partial charge is 0.329 e. The van der Waals surface area contributed by atoms with Crippen molar-refractivity contribution in [1.29, 1.82) is 0 Å². The van der Waals surface area contributed by atoms with Gasteiger partial charge in [0, 0.05) is 51.7 Å². The van der Waals surface area contributed by atoms with E-state index in [0.717, 1.165) is 44.1 Å². The molecule has 0 radical (unpaired) electrons. The molecule has 3 N–H and O–H groups in total. The van der Waals surface area contributed by atoms with Gasteiger partial charge in [-0.1, -0.05) is 26.0 Å². The lowest BCUT2D eigenvalue weighted by molar-refractivity contribution is 0.169. The molecule has 24 heavy (non-hydrogen) atoms. The third-order valence-corrected chi connectivity index (χ3v) is 3.84. The Labute approximate surface area is 145 Å². The summed E-state index contributed by atoms with van der Waals surface area (Å²) in [5.74, 6) is 0. The van der Waals surface area contributed by atoms with Gasteiger partial charge in [-0.05, 0) is 29.7 Å². The Bertz CT molecular complexity index is 571. The molecule has 2 aromatic rings. The molecule has 2 heterocycles. The maximum Gasteiger partial charge on any atom is 0.0543 e. The summed E-state index contributed by atoms with van der Waals surface area (Å²) in [6, 6.07) is 12.0. The molecule has 5 heteroatoms. The molecule has 0 saturated heterocycles. The number of aromatic nitrogens is 2. The lowest BCUT2D eigenvalue weighted by Crippen LogP contribution is -2.42. The van der Waals surface area contributed by atoms with Gasteiger partial charge in [-0.2, -0.15) is 0 Å². The minimum Gasteiger partial charge on any atom is -0.329 e. The maximum absolute atomic E-state index is 5.79. The summed E-state index contributed by atoms with van der Waals surface area (Å²) in [6.07, 6.45) is 3.67. The van der Waals surface area contributed by atoms with Gasteiger partial charge >= 0.3 is 0 Å². The monoisotopic (exact) mass is 327 g/mol. The fourth-order valence-corrected chi connectivity index (χ4v) is 2.81. The second kappa shape index (κ2) is 9.47. The second-order valence-electron chi connectivity index (χ2n) is 6.91. The van der Waals surface area contributed by atoms with Crippen molar-refractivity contribution in [3.8, 4) is 0 Å². The van der Waals surface area contributed by atoms with E-state index in [1.807, 2.05) is 42.7 Å². The van der Waals surface area contributed by atoms with Crippen LogP contribution in [0.5, 0.6) is 0 Å². The number of nitrogens with one attached hydrogen (secondary N) is 1. The topological polar surface area (TPSA) is 67.1 Å². The van der Waals surface area contributed by atoms with Crippen LogP contribution in [0.2, 0.25) is 0 Å². The predicted molar refractivity (Wildman–Crippen MR) is 98.3 cm³/mol. The smallest absolute Gasteiger partial charge is 0.0543 e. The van der Waals surface area contributed by atoms with Gasteiger partial charge < -0.3 is 11.1 Å². The average Bonchev–Trinajstić information content (AvgIpc) is 2.56. The van der Waals surface area contributed by atoms with Crippen LogP contribution in [0.25, 0.3) is 0 Å². The molecule has 0 unspecified atom stereocenters. The fourth-order valence-electron chi connectivity index (χ4n) is 2.81. The van der Waals surface area contributed by atoms with Crippen LogP contribution < -0.4 is 11.1 Å². The highest BCUT2D eigenvalue weighted by atomic mass is 15.1. The Morgan fingerprint density at radius 2 is 1.71 bits per heavy atom. The van der Waals surface area contributed by atoms with Crippen molar-refractivity contribution >= 4 is 0 Å². The van der Waals surface area contributed by atoms with E-state index >= 15 is 0 Å². The Kier molecular flexibility index (Phi) is 7.31. The van der Waals surface area contributed by atoms with Crippen molar-refractivity contribution in [3.05, 3.63) is 60.2 Å². The highest BCUT2D eigenvalue weighted by molar-refractivity contribution is 5.04. The number of nitrogens with two attached hydrogens (primary N) is 1. The van der Waals surface area contributed by atoms with Gasteiger partial charge in [0.2, 0.25) is 0 Å². The Morgan fingerprint density at radius 1 is 1.04 bits per heavy atom. The number of nitrogens with zero attached hydrogens (tertiary/aromatic N) is 3. The summed E-state index contributed by atoms with van der Waals surface area (Å²) in [5.41, 5.74) is 8.09. The summed E-state index contributed by atoms with van der Waals surface area (Å²) in [5, 5.41) is 3.52. The SMILES string of the molecule is CC(C)(CNCc1ccccn1)CN(CCN)Cc1ccccn1. The van der Waals surface area contributed by atoms with Crippen molar-refractivity contribution < 1.29 is 0 Å². The summed E-state index contributed by atoms with van der Waals surface area (Å²) >= 11 is 0. The zero-order valence-corrected chi connectivity index (χ0v) is 14.8. The first kappa shape index (κ1) is 18.5. The molecule has 0 amide bonds. The van der Waals surface area contributed by atoms with Gasteiger partial charge in [0.05, 0.1) is 11.4 Å². The van der Waals surface area contributed by atoms with Crippen LogP contribution in [0.1, 0.15) is 25.2 Å². The maximum atomic E-state index is 5.79. The van der Waals surface area contributed by atoms with Crippen LogP contribution in [0, 0.1) is 5.41 Å². The lowest BCUT2D eigenvalue weighted by Gasteiger charge is -2.32. The van der Waals surface area contributed by atoms with Crippen molar-refractivity contribution in [3.63, 3.8) is 0 Å². The molecule has 2 aromatic heterocycles. The average molecular weight is 327 g/mol. The summed E-state index contributed by atoms with van der Waals surface area (Å²) in [6.45, 7) is 9.61. The number of rotatable bonds is 10. The molecule has 2 rings (SSSR count). The van der Waals surface area contributed by atoms with Crippen LogP contribution in [-0.2, 0) is 13.1 Å². The van der Waals surface area contributed by atoms with E-state index in [4.69, 9.17) is 5.73 Å². The van der Waals surface area contributed by atoms with E-state index in [1.54, 1.807) is 0 Å². The molecule has 0 aliphatic carbocycles. The van der Waals surface area contributed by atoms with E-state index in [-0.39, 0.29) is 5.41 Å². The first-order chi connectivity index (χ1) is 11.6. The highest BCUT2D eigenvalue weighted by Crippen LogP contribution is 2.17. The van der Waals surface area contributed by atoms with E-state index in [0.29, 0.717) is 6.54 Å². The van der Waals surface area contributed by atoms with E-state index in [1.165, 1.54) is 0 Å². The molecule has 0 bridgehead atoms. The molecule has 0 saturated carbocycles. The van der Waals surface area contributed by atoms with Crippen LogP contribution in [0.4, 0.5) is 0 Å². The zero-order chi connectivity index (χ0) is 17.3. The summed E-state index contributed by atoms with van der Waals surface area (Å²) in [4.78, 5) is 11.2. The van der Waals surface area contributed by atoms with Crippen molar-refractivity contribution in [2.45, 2.75) is 26.9 Å². The van der Waals surface area contributed by atoms with E-state index in [9.17, 15) is 0 Å². The van der Waals surface area contributed by atoms with Crippen LogP contribution in [0.15, 0.2) is 48.8 Å². The minimum absolute atomic E-state index is 0.138. The molecule has 5 nitrogen and oxygen atoms in total. The molecular weight excluding hydrogens is 298 g/mol. The van der Waals surface area contributed by atoms with Gasteiger partial charge in [0.15, 0.2) is 0 Å². The molecular formula is C19H29N5. The summed E-state index contributed by atoms with van der Waals surface area (Å²) in [7, 11) is 0. The lowest BCUT2D eigenvalue weighted by atomic mass is 9.92. The third kappa shape index (κ3) is 6.74. The Hall–Kier alpha value is -1.82. The standard InChI is InChI=1S/C19H29N5/c1-19(2,15-21-13-17-7-3-5-10-22-17)16-24(12-9-20)14-18-8-4-6-11-23-18/h3-8,10-11,21H,9,12-16,20H2,1-2H3. The molecule has 0 fully saturated rings. The van der Waals surface area contributed by atoms with Gasteiger partial charge in [-0.15, -0.1) is 0 Å². The molecule has 130 valence electrons. The molecule has 0 aliphatic heterocycles. The first-order valence-corrected chi connectivity index (χ1v) is 8.52.